The fourth-order valence-corrected chi connectivity index (χ4v) is 1.71. The molecule has 2 atom stereocenters. The van der Waals surface area contributed by atoms with Crippen LogP contribution in [0.2, 0.25) is 0 Å². The average Bonchev–Trinajstić information content (AvgIpc) is 2.66. The highest BCUT2D eigenvalue weighted by atomic mass is 16.5. The summed E-state index contributed by atoms with van der Waals surface area (Å²) >= 11 is 0. The number of aliphatic hydroxyl groups excluding tert-OH is 1. The molecule has 0 saturated carbocycles. The van der Waals surface area contributed by atoms with E-state index in [-0.39, 0.29) is 24.6 Å². The van der Waals surface area contributed by atoms with E-state index in [0.717, 1.165) is 12.8 Å². The first-order valence-electron chi connectivity index (χ1n) is 4.87. The van der Waals surface area contributed by atoms with Crippen LogP contribution >= 0.6 is 0 Å². The standard InChI is InChI=1S/C9H13N3O3/c10-7-3-4-12(9(14)11-7)8-2-1-6(5-13)15-8/h3-4,6,8,13H,1-2,5H2,(H2,10,11,14)/p+1. The van der Waals surface area contributed by atoms with Crippen molar-refractivity contribution in [1.82, 2.24) is 4.98 Å². The van der Waals surface area contributed by atoms with E-state index >= 15 is 0 Å². The molecule has 1 aliphatic heterocycles. The summed E-state index contributed by atoms with van der Waals surface area (Å²) in [6.07, 6.45) is 2.62. The van der Waals surface area contributed by atoms with Crippen LogP contribution in [-0.2, 0) is 4.74 Å². The Hall–Kier alpha value is -1.40. The van der Waals surface area contributed by atoms with E-state index < -0.39 is 0 Å². The van der Waals surface area contributed by atoms with Gasteiger partial charge in [0.05, 0.1) is 12.7 Å². The summed E-state index contributed by atoms with van der Waals surface area (Å²) in [6.45, 7) is -0.00998. The Morgan fingerprint density at radius 1 is 1.67 bits per heavy atom. The number of hydrogen-bond acceptors (Lipinski definition) is 4. The van der Waals surface area contributed by atoms with E-state index in [1.807, 2.05) is 0 Å². The minimum atomic E-state index is -0.300. The van der Waals surface area contributed by atoms with Crippen molar-refractivity contribution in [3.8, 4) is 0 Å². The highest BCUT2D eigenvalue weighted by Gasteiger charge is 2.30. The molecule has 6 heteroatoms. The number of H-pyrrole nitrogens is 1. The molecule has 1 aromatic heterocycles. The van der Waals surface area contributed by atoms with Crippen LogP contribution in [-0.4, -0.2) is 22.8 Å². The van der Waals surface area contributed by atoms with Gasteiger partial charge in [-0.1, -0.05) is 0 Å². The molecule has 82 valence electrons. The number of nitrogens with two attached hydrogens (primary N) is 1. The molecule has 1 aliphatic rings. The molecule has 0 spiro atoms. The van der Waals surface area contributed by atoms with Crippen LogP contribution in [0.5, 0.6) is 0 Å². The van der Waals surface area contributed by atoms with Crippen molar-refractivity contribution in [3.63, 3.8) is 0 Å². The molecule has 0 bridgehead atoms. The van der Waals surface area contributed by atoms with Crippen LogP contribution in [0.3, 0.4) is 0 Å². The summed E-state index contributed by atoms with van der Waals surface area (Å²) in [5, 5.41) is 8.90. The number of ether oxygens (including phenoxy) is 1. The van der Waals surface area contributed by atoms with Gasteiger partial charge in [-0.25, -0.2) is 0 Å². The van der Waals surface area contributed by atoms with E-state index in [9.17, 15) is 4.79 Å². The van der Waals surface area contributed by atoms with Gasteiger partial charge in [-0.3, -0.25) is 0 Å². The Balaban J connectivity index is 2.20. The SMILES string of the molecule is Nc1cc[n+](C2CCC(CO)O2)c(=O)[nH]1. The Bertz CT molecular complexity index is 404. The molecule has 0 amide bonds. The van der Waals surface area contributed by atoms with E-state index in [0.29, 0.717) is 5.82 Å². The average molecular weight is 212 g/mol. The second kappa shape index (κ2) is 4.00. The lowest BCUT2D eigenvalue weighted by Crippen LogP contribution is -2.54. The molecular formula is C9H14N3O3+. The maximum absolute atomic E-state index is 11.5. The quantitative estimate of drug-likeness (QED) is 0.543. The number of aromatic nitrogens is 2. The van der Waals surface area contributed by atoms with Gasteiger partial charge in [0.25, 0.3) is 0 Å². The van der Waals surface area contributed by atoms with E-state index in [4.69, 9.17) is 15.6 Å². The van der Waals surface area contributed by atoms with Gasteiger partial charge in [-0.15, -0.1) is 0 Å². The molecule has 2 unspecified atom stereocenters. The first-order chi connectivity index (χ1) is 7.20. The van der Waals surface area contributed by atoms with Crippen LogP contribution in [0.25, 0.3) is 0 Å². The molecular weight excluding hydrogens is 198 g/mol. The fraction of sp³-hybridized carbons (Fsp3) is 0.556. The number of hydrogen-bond donors (Lipinski definition) is 3. The lowest BCUT2D eigenvalue weighted by atomic mass is 10.2. The van der Waals surface area contributed by atoms with Gasteiger partial charge < -0.3 is 15.6 Å². The molecule has 1 saturated heterocycles. The molecule has 1 aromatic rings. The molecule has 0 aliphatic carbocycles. The highest BCUT2D eigenvalue weighted by Crippen LogP contribution is 2.22. The fourth-order valence-electron chi connectivity index (χ4n) is 1.71. The summed E-state index contributed by atoms with van der Waals surface area (Å²) in [7, 11) is 0. The third-order valence-corrected chi connectivity index (χ3v) is 2.50. The third-order valence-electron chi connectivity index (χ3n) is 2.50. The summed E-state index contributed by atoms with van der Waals surface area (Å²) < 4.78 is 6.92. The van der Waals surface area contributed by atoms with Crippen molar-refractivity contribution >= 4 is 5.82 Å². The van der Waals surface area contributed by atoms with Crippen molar-refractivity contribution in [2.45, 2.75) is 25.2 Å². The summed E-state index contributed by atoms with van der Waals surface area (Å²) in [6, 6.07) is 1.61. The molecule has 4 N–H and O–H groups in total. The van der Waals surface area contributed by atoms with E-state index in [1.54, 1.807) is 12.3 Å². The molecule has 15 heavy (non-hydrogen) atoms. The van der Waals surface area contributed by atoms with Gasteiger partial charge in [0.1, 0.15) is 6.20 Å². The largest absolute Gasteiger partial charge is 0.499 e. The first-order valence-corrected chi connectivity index (χ1v) is 4.87. The minimum absolute atomic E-state index is 0.00998. The van der Waals surface area contributed by atoms with Crippen LogP contribution < -0.4 is 16.0 Å². The van der Waals surface area contributed by atoms with Crippen molar-refractivity contribution in [2.75, 3.05) is 12.3 Å². The number of anilines is 1. The van der Waals surface area contributed by atoms with E-state index in [2.05, 4.69) is 4.98 Å². The van der Waals surface area contributed by atoms with E-state index in [1.165, 1.54) is 4.57 Å². The maximum atomic E-state index is 11.5. The van der Waals surface area contributed by atoms with Crippen LogP contribution in [0.4, 0.5) is 5.82 Å². The predicted octanol–water partition coefficient (Wildman–Crippen LogP) is -1.09. The second-order valence-corrected chi connectivity index (χ2v) is 3.58. The van der Waals surface area contributed by atoms with Gasteiger partial charge >= 0.3 is 5.69 Å². The molecule has 2 heterocycles. The van der Waals surface area contributed by atoms with Crippen LogP contribution in [0.15, 0.2) is 17.1 Å². The molecule has 1 fully saturated rings. The Labute approximate surface area is 86.3 Å². The zero-order valence-corrected chi connectivity index (χ0v) is 8.22. The smallest absolute Gasteiger partial charge is 0.394 e. The van der Waals surface area contributed by atoms with Gasteiger partial charge in [-0.05, 0) is 6.42 Å². The zero-order chi connectivity index (χ0) is 10.8. The maximum Gasteiger partial charge on any atom is 0.499 e. The van der Waals surface area contributed by atoms with Crippen LogP contribution in [0.1, 0.15) is 19.1 Å². The highest BCUT2D eigenvalue weighted by molar-refractivity contribution is 5.21. The van der Waals surface area contributed by atoms with Gasteiger partial charge in [0, 0.05) is 12.5 Å². The zero-order valence-electron chi connectivity index (χ0n) is 8.22. The second-order valence-electron chi connectivity index (χ2n) is 3.58. The number of aliphatic hydroxyl groups is 1. The number of nitrogens with zero attached hydrogens (tertiary/aromatic N) is 1. The third kappa shape index (κ3) is 2.00. The molecule has 0 radical (unpaired) electrons. The minimum Gasteiger partial charge on any atom is -0.394 e. The Morgan fingerprint density at radius 3 is 3.07 bits per heavy atom. The molecule has 6 nitrogen and oxygen atoms in total. The summed E-state index contributed by atoms with van der Waals surface area (Å²) in [5.41, 5.74) is 5.14. The Morgan fingerprint density at radius 2 is 2.47 bits per heavy atom. The van der Waals surface area contributed by atoms with Crippen LogP contribution in [0, 0.1) is 0 Å². The van der Waals surface area contributed by atoms with Gasteiger partial charge in [0.15, 0.2) is 5.82 Å². The number of nitrogen functional groups attached to an aromatic ring is 1. The van der Waals surface area contributed by atoms with Crippen molar-refractivity contribution < 1.29 is 14.4 Å². The monoisotopic (exact) mass is 212 g/mol. The molecule has 2 rings (SSSR count). The first kappa shape index (κ1) is 10.1. The summed E-state index contributed by atoms with van der Waals surface area (Å²) in [5.74, 6) is 0.327. The lowest BCUT2D eigenvalue weighted by Gasteiger charge is -2.08. The Kier molecular flexibility index (Phi) is 2.70. The number of nitrogens with one attached hydrogen (secondary N) is 1. The summed E-state index contributed by atoms with van der Waals surface area (Å²) in [4.78, 5) is 14.0. The van der Waals surface area contributed by atoms with Gasteiger partial charge in [-0.2, -0.15) is 14.3 Å². The number of aromatic amines is 1. The normalized spacial score (nSPS) is 25.7. The van der Waals surface area contributed by atoms with Crippen molar-refractivity contribution in [1.29, 1.82) is 0 Å². The van der Waals surface area contributed by atoms with Gasteiger partial charge in [0.2, 0.25) is 6.23 Å². The topological polar surface area (TPSA) is 92.2 Å². The lowest BCUT2D eigenvalue weighted by molar-refractivity contribution is -0.773. The van der Waals surface area contributed by atoms with Crippen molar-refractivity contribution in [2.24, 2.45) is 0 Å². The predicted molar refractivity (Wildman–Crippen MR) is 51.9 cm³/mol. The van der Waals surface area contributed by atoms with Crippen molar-refractivity contribution in [3.05, 3.63) is 22.7 Å². The number of rotatable bonds is 2. The molecule has 0 aromatic carbocycles.